The van der Waals surface area contributed by atoms with Crippen molar-refractivity contribution in [1.29, 1.82) is 0 Å². The van der Waals surface area contributed by atoms with Crippen LogP contribution < -0.4 is 5.32 Å². The maximum atomic E-state index is 12.7. The van der Waals surface area contributed by atoms with Crippen molar-refractivity contribution in [2.45, 2.75) is 13.1 Å². The van der Waals surface area contributed by atoms with Gasteiger partial charge in [0.1, 0.15) is 0 Å². The van der Waals surface area contributed by atoms with Crippen LogP contribution in [-0.2, 0) is 6.54 Å². The van der Waals surface area contributed by atoms with Gasteiger partial charge in [0.15, 0.2) is 0 Å². The molecule has 0 saturated carbocycles. The number of nitrogens with one attached hydrogen (secondary N) is 1. The monoisotopic (exact) mass is 243 g/mol. The fourth-order valence-corrected chi connectivity index (χ4v) is 2.12. The lowest BCUT2D eigenvalue weighted by Crippen LogP contribution is -2.12. The maximum Gasteiger partial charge on any atom is 0.333 e. The third kappa shape index (κ3) is 2.12. The summed E-state index contributed by atoms with van der Waals surface area (Å²) in [6.45, 7) is -2.22. The molecule has 0 saturated heterocycles. The van der Waals surface area contributed by atoms with E-state index in [1.165, 1.54) is 11.3 Å². The molecule has 0 aliphatic heterocycles. The quantitative estimate of drug-likeness (QED) is 0.894. The van der Waals surface area contributed by atoms with E-state index < -0.39 is 6.55 Å². The van der Waals surface area contributed by atoms with Gasteiger partial charge in [-0.2, -0.15) is 25.2 Å². The number of nitrogens with zero attached hydrogens (tertiary/aromatic N) is 2. The Labute approximate surface area is 95.7 Å². The molecule has 16 heavy (non-hydrogen) atoms. The molecule has 0 unspecified atom stereocenters. The Morgan fingerprint density at radius 3 is 2.94 bits per heavy atom. The molecule has 0 radical (unpaired) electrons. The summed E-state index contributed by atoms with van der Waals surface area (Å²) in [5.74, 6) is 0. The van der Waals surface area contributed by atoms with Crippen LogP contribution in [0.15, 0.2) is 22.9 Å². The third-order valence-corrected chi connectivity index (χ3v) is 2.86. The Balaban J connectivity index is 2.38. The third-order valence-electron chi connectivity index (χ3n) is 2.17. The number of hydrogen-bond acceptors (Lipinski definition) is 3. The molecule has 86 valence electrons. The van der Waals surface area contributed by atoms with Crippen LogP contribution in [0, 0.1) is 0 Å². The summed E-state index contributed by atoms with van der Waals surface area (Å²) in [6.07, 6.45) is 0. The van der Waals surface area contributed by atoms with Crippen molar-refractivity contribution in [3.63, 3.8) is 0 Å². The summed E-state index contributed by atoms with van der Waals surface area (Å²) < 4.78 is 26.1. The lowest BCUT2D eigenvalue weighted by Gasteiger charge is -2.04. The molecule has 0 amide bonds. The Kier molecular flexibility index (Phi) is 3.31. The van der Waals surface area contributed by atoms with Gasteiger partial charge in [0, 0.05) is 17.5 Å². The zero-order valence-electron chi connectivity index (χ0n) is 8.65. The van der Waals surface area contributed by atoms with Crippen LogP contribution in [0.5, 0.6) is 0 Å². The molecular formula is C10H11F2N3S. The zero-order chi connectivity index (χ0) is 11.5. The van der Waals surface area contributed by atoms with E-state index in [1.807, 2.05) is 16.8 Å². The molecule has 0 aliphatic carbocycles. The molecule has 2 rings (SSSR count). The highest BCUT2D eigenvalue weighted by atomic mass is 32.1. The lowest BCUT2D eigenvalue weighted by molar-refractivity contribution is 0.0534. The largest absolute Gasteiger partial charge is 0.333 e. The fraction of sp³-hybridized carbons (Fsp3) is 0.300. The minimum Gasteiger partial charge on any atom is -0.314 e. The predicted molar refractivity (Wildman–Crippen MR) is 59.6 cm³/mol. The summed E-state index contributed by atoms with van der Waals surface area (Å²) in [5.41, 5.74) is 1.95. The second-order valence-corrected chi connectivity index (χ2v) is 4.07. The molecule has 0 aliphatic rings. The first-order valence-electron chi connectivity index (χ1n) is 4.76. The first-order valence-corrected chi connectivity index (χ1v) is 5.70. The standard InChI is InChI=1S/C10H11F2N3S/c1-13-5-8-4-9(7-2-3-16-6-7)14-15(8)10(11)12/h2-4,6,10,13H,5H2,1H3. The number of hydrogen-bond donors (Lipinski definition) is 1. The summed E-state index contributed by atoms with van der Waals surface area (Å²) in [7, 11) is 1.72. The summed E-state index contributed by atoms with van der Waals surface area (Å²) in [5, 5.41) is 10.5. The Bertz CT molecular complexity index is 451. The average Bonchev–Trinajstić information content (AvgIpc) is 2.83. The van der Waals surface area contributed by atoms with Gasteiger partial charge in [0.2, 0.25) is 0 Å². The fourth-order valence-electron chi connectivity index (χ4n) is 1.47. The Morgan fingerprint density at radius 2 is 2.38 bits per heavy atom. The van der Waals surface area contributed by atoms with Crippen LogP contribution >= 0.6 is 11.3 Å². The number of halogens is 2. The molecule has 2 aromatic heterocycles. The molecule has 0 atom stereocenters. The molecule has 0 aromatic carbocycles. The molecule has 3 nitrogen and oxygen atoms in total. The summed E-state index contributed by atoms with van der Waals surface area (Å²) in [4.78, 5) is 0. The lowest BCUT2D eigenvalue weighted by atomic mass is 10.2. The van der Waals surface area contributed by atoms with Crippen molar-refractivity contribution >= 4 is 11.3 Å². The van der Waals surface area contributed by atoms with Gasteiger partial charge in [-0.25, -0.2) is 4.68 Å². The first-order chi connectivity index (χ1) is 7.72. The van der Waals surface area contributed by atoms with Gasteiger partial charge in [0.05, 0.1) is 11.4 Å². The van der Waals surface area contributed by atoms with Gasteiger partial charge < -0.3 is 5.32 Å². The number of aromatic nitrogens is 2. The van der Waals surface area contributed by atoms with E-state index in [1.54, 1.807) is 13.1 Å². The average molecular weight is 243 g/mol. The van der Waals surface area contributed by atoms with Crippen LogP contribution in [0.1, 0.15) is 12.2 Å². The molecule has 0 spiro atoms. The SMILES string of the molecule is CNCc1cc(-c2ccsc2)nn1C(F)F. The van der Waals surface area contributed by atoms with Gasteiger partial charge in [-0.1, -0.05) is 0 Å². The van der Waals surface area contributed by atoms with E-state index in [-0.39, 0.29) is 0 Å². The van der Waals surface area contributed by atoms with Gasteiger partial charge in [-0.05, 0) is 24.6 Å². The van der Waals surface area contributed by atoms with E-state index in [2.05, 4.69) is 10.4 Å². The van der Waals surface area contributed by atoms with E-state index in [0.29, 0.717) is 17.9 Å². The van der Waals surface area contributed by atoms with Crippen molar-refractivity contribution in [2.75, 3.05) is 7.05 Å². The highest BCUT2D eigenvalue weighted by Crippen LogP contribution is 2.24. The normalized spacial score (nSPS) is 11.2. The van der Waals surface area contributed by atoms with Crippen molar-refractivity contribution in [3.05, 3.63) is 28.6 Å². The van der Waals surface area contributed by atoms with Crippen molar-refractivity contribution in [1.82, 2.24) is 15.1 Å². The number of alkyl halides is 2. The van der Waals surface area contributed by atoms with Gasteiger partial charge in [-0.3, -0.25) is 0 Å². The van der Waals surface area contributed by atoms with Crippen molar-refractivity contribution in [3.8, 4) is 11.3 Å². The molecule has 6 heteroatoms. The van der Waals surface area contributed by atoms with Crippen LogP contribution in [0.3, 0.4) is 0 Å². The minimum absolute atomic E-state index is 0.376. The molecule has 1 N–H and O–H groups in total. The summed E-state index contributed by atoms with van der Waals surface area (Å²) in [6, 6.07) is 3.55. The highest BCUT2D eigenvalue weighted by Gasteiger charge is 2.15. The summed E-state index contributed by atoms with van der Waals surface area (Å²) >= 11 is 1.52. The molecule has 0 bridgehead atoms. The van der Waals surface area contributed by atoms with Gasteiger partial charge in [0.25, 0.3) is 0 Å². The topological polar surface area (TPSA) is 29.9 Å². The number of rotatable bonds is 4. The van der Waals surface area contributed by atoms with Gasteiger partial charge >= 0.3 is 6.55 Å². The second kappa shape index (κ2) is 4.71. The molecule has 0 fully saturated rings. The predicted octanol–water partition coefficient (Wildman–Crippen LogP) is 2.73. The molecular weight excluding hydrogens is 232 g/mol. The van der Waals surface area contributed by atoms with E-state index in [4.69, 9.17) is 0 Å². The first kappa shape index (κ1) is 11.2. The number of thiophene rings is 1. The van der Waals surface area contributed by atoms with Crippen LogP contribution in [0.2, 0.25) is 0 Å². The second-order valence-electron chi connectivity index (χ2n) is 3.29. The van der Waals surface area contributed by atoms with Crippen LogP contribution in [0.4, 0.5) is 8.78 Å². The van der Waals surface area contributed by atoms with Gasteiger partial charge in [-0.15, -0.1) is 0 Å². The smallest absolute Gasteiger partial charge is 0.314 e. The van der Waals surface area contributed by atoms with Crippen LogP contribution in [0.25, 0.3) is 11.3 Å². The molecule has 2 aromatic rings. The maximum absolute atomic E-state index is 12.7. The highest BCUT2D eigenvalue weighted by molar-refractivity contribution is 7.08. The minimum atomic E-state index is -2.60. The molecule has 2 heterocycles. The Hall–Kier alpha value is -1.27. The zero-order valence-corrected chi connectivity index (χ0v) is 9.47. The van der Waals surface area contributed by atoms with E-state index >= 15 is 0 Å². The van der Waals surface area contributed by atoms with E-state index in [9.17, 15) is 8.78 Å². The van der Waals surface area contributed by atoms with Crippen molar-refractivity contribution < 1.29 is 8.78 Å². The van der Waals surface area contributed by atoms with Crippen LogP contribution in [-0.4, -0.2) is 16.8 Å². The van der Waals surface area contributed by atoms with Crippen molar-refractivity contribution in [2.24, 2.45) is 0 Å². The van der Waals surface area contributed by atoms with E-state index in [0.717, 1.165) is 10.2 Å². The Morgan fingerprint density at radius 1 is 1.56 bits per heavy atom.